The molecule has 0 spiro atoms. The molecule has 0 saturated carbocycles. The number of fused-ring (bicyclic) bond motifs is 1. The molecule has 1 unspecified atom stereocenters. The number of thiophene rings is 1. The van der Waals surface area contributed by atoms with Crippen LogP contribution in [-0.2, 0) is 6.42 Å². The van der Waals surface area contributed by atoms with Gasteiger partial charge in [-0.05, 0) is 59.0 Å². The Morgan fingerprint density at radius 2 is 2.33 bits per heavy atom. The van der Waals surface area contributed by atoms with Crippen LogP contribution in [0.15, 0.2) is 35.0 Å². The second-order valence-corrected chi connectivity index (χ2v) is 5.96. The molecule has 4 nitrogen and oxygen atoms in total. The second-order valence-electron chi connectivity index (χ2n) is 5.18. The Morgan fingerprint density at radius 3 is 3.14 bits per heavy atom. The van der Waals surface area contributed by atoms with Gasteiger partial charge in [-0.25, -0.2) is 0 Å². The summed E-state index contributed by atoms with van der Waals surface area (Å²) in [7, 11) is 0. The molecular weight excluding hydrogens is 284 g/mol. The average molecular weight is 302 g/mol. The molecule has 0 fully saturated rings. The standard InChI is InChI=1S/C16H18N2O2S/c19-15(13-5-7-21-10-13)9-18-16(20)12-3-4-14-11(8-12)2-1-6-17-14/h3-5,7-8,10,15,17,19H,1-2,6,9H2,(H,18,20). The first-order chi connectivity index (χ1) is 10.2. The second kappa shape index (κ2) is 6.28. The van der Waals surface area contributed by atoms with Gasteiger partial charge in [-0.3, -0.25) is 4.79 Å². The molecule has 1 aliphatic heterocycles. The molecule has 1 aromatic carbocycles. The van der Waals surface area contributed by atoms with Gasteiger partial charge in [0.2, 0.25) is 0 Å². The van der Waals surface area contributed by atoms with Gasteiger partial charge in [0.1, 0.15) is 0 Å². The van der Waals surface area contributed by atoms with Crippen molar-refractivity contribution in [2.24, 2.45) is 0 Å². The third-order valence-corrected chi connectivity index (χ3v) is 4.39. The molecule has 1 atom stereocenters. The van der Waals surface area contributed by atoms with Crippen LogP contribution in [-0.4, -0.2) is 24.1 Å². The van der Waals surface area contributed by atoms with Gasteiger partial charge in [0.05, 0.1) is 6.10 Å². The number of aryl methyl sites for hydroxylation is 1. The van der Waals surface area contributed by atoms with Gasteiger partial charge >= 0.3 is 0 Å². The summed E-state index contributed by atoms with van der Waals surface area (Å²) in [6.07, 6.45) is 1.44. The van der Waals surface area contributed by atoms with E-state index in [1.165, 1.54) is 16.9 Å². The fourth-order valence-electron chi connectivity index (χ4n) is 2.49. The van der Waals surface area contributed by atoms with Crippen LogP contribution in [0.3, 0.4) is 0 Å². The van der Waals surface area contributed by atoms with E-state index in [1.807, 2.05) is 35.0 Å². The van der Waals surface area contributed by atoms with Gasteiger partial charge in [-0.1, -0.05) is 0 Å². The van der Waals surface area contributed by atoms with E-state index in [0.717, 1.165) is 30.6 Å². The Labute approximate surface area is 127 Å². The highest BCUT2D eigenvalue weighted by molar-refractivity contribution is 7.07. The molecule has 3 rings (SSSR count). The summed E-state index contributed by atoms with van der Waals surface area (Å²) in [5.74, 6) is -0.141. The molecule has 1 aromatic heterocycles. The predicted molar refractivity (Wildman–Crippen MR) is 84.9 cm³/mol. The van der Waals surface area contributed by atoms with E-state index in [-0.39, 0.29) is 12.5 Å². The number of amides is 1. The van der Waals surface area contributed by atoms with E-state index >= 15 is 0 Å². The number of anilines is 1. The number of hydrogen-bond donors (Lipinski definition) is 3. The number of rotatable bonds is 4. The fourth-order valence-corrected chi connectivity index (χ4v) is 3.20. The van der Waals surface area contributed by atoms with E-state index in [9.17, 15) is 9.90 Å². The van der Waals surface area contributed by atoms with Crippen LogP contribution in [0.2, 0.25) is 0 Å². The number of benzene rings is 1. The molecule has 0 aliphatic carbocycles. The van der Waals surface area contributed by atoms with Crippen LogP contribution < -0.4 is 10.6 Å². The molecule has 21 heavy (non-hydrogen) atoms. The number of nitrogens with one attached hydrogen (secondary N) is 2. The van der Waals surface area contributed by atoms with Gasteiger partial charge < -0.3 is 15.7 Å². The Bertz CT molecular complexity index is 625. The van der Waals surface area contributed by atoms with Gasteiger partial charge in [0.25, 0.3) is 5.91 Å². The summed E-state index contributed by atoms with van der Waals surface area (Å²) >= 11 is 1.53. The SMILES string of the molecule is O=C(NCC(O)c1ccsc1)c1ccc2c(c1)CCCN2. The van der Waals surface area contributed by atoms with Crippen molar-refractivity contribution in [1.29, 1.82) is 0 Å². The fraction of sp³-hybridized carbons (Fsp3) is 0.312. The van der Waals surface area contributed by atoms with Crippen LogP contribution in [0.5, 0.6) is 0 Å². The molecule has 0 radical (unpaired) electrons. The Morgan fingerprint density at radius 1 is 1.43 bits per heavy atom. The monoisotopic (exact) mass is 302 g/mol. The van der Waals surface area contributed by atoms with Crippen LogP contribution in [0.4, 0.5) is 5.69 Å². The average Bonchev–Trinajstić information content (AvgIpc) is 3.06. The highest BCUT2D eigenvalue weighted by Gasteiger charge is 2.14. The minimum atomic E-state index is -0.653. The van der Waals surface area contributed by atoms with Crippen molar-refractivity contribution in [2.75, 3.05) is 18.4 Å². The van der Waals surface area contributed by atoms with Crippen LogP contribution in [0, 0.1) is 0 Å². The van der Waals surface area contributed by atoms with Gasteiger partial charge in [-0.15, -0.1) is 0 Å². The van der Waals surface area contributed by atoms with Gasteiger partial charge in [0.15, 0.2) is 0 Å². The largest absolute Gasteiger partial charge is 0.387 e. The molecule has 5 heteroatoms. The van der Waals surface area contributed by atoms with Crippen molar-refractivity contribution in [1.82, 2.24) is 5.32 Å². The maximum absolute atomic E-state index is 12.2. The minimum Gasteiger partial charge on any atom is -0.387 e. The summed E-state index contributed by atoms with van der Waals surface area (Å²) < 4.78 is 0. The van der Waals surface area contributed by atoms with E-state index in [4.69, 9.17) is 0 Å². The van der Waals surface area contributed by atoms with E-state index in [1.54, 1.807) is 0 Å². The van der Waals surface area contributed by atoms with Crippen LogP contribution >= 0.6 is 11.3 Å². The number of aliphatic hydroxyl groups excluding tert-OH is 1. The van der Waals surface area contributed by atoms with Crippen molar-refractivity contribution in [2.45, 2.75) is 18.9 Å². The van der Waals surface area contributed by atoms with E-state index in [0.29, 0.717) is 5.56 Å². The minimum absolute atomic E-state index is 0.141. The van der Waals surface area contributed by atoms with Crippen molar-refractivity contribution in [3.8, 4) is 0 Å². The molecule has 0 bridgehead atoms. The number of aliphatic hydroxyl groups is 1. The molecule has 110 valence electrons. The van der Waals surface area contributed by atoms with E-state index in [2.05, 4.69) is 10.6 Å². The van der Waals surface area contributed by atoms with Crippen molar-refractivity contribution in [3.63, 3.8) is 0 Å². The van der Waals surface area contributed by atoms with Gasteiger partial charge in [-0.2, -0.15) is 11.3 Å². The maximum atomic E-state index is 12.2. The third kappa shape index (κ3) is 3.25. The molecular formula is C16H18N2O2S. The predicted octanol–water partition coefficient (Wildman–Crippen LogP) is 2.57. The summed E-state index contributed by atoms with van der Waals surface area (Å²) in [5.41, 5.74) is 3.80. The third-order valence-electron chi connectivity index (χ3n) is 3.69. The zero-order valence-corrected chi connectivity index (χ0v) is 12.5. The molecule has 3 N–H and O–H groups in total. The number of hydrogen-bond acceptors (Lipinski definition) is 4. The maximum Gasteiger partial charge on any atom is 0.251 e. The lowest BCUT2D eigenvalue weighted by Crippen LogP contribution is -2.28. The highest BCUT2D eigenvalue weighted by Crippen LogP contribution is 2.23. The Balaban J connectivity index is 1.63. The molecule has 0 saturated heterocycles. The smallest absolute Gasteiger partial charge is 0.251 e. The lowest BCUT2D eigenvalue weighted by atomic mass is 10.0. The normalized spacial score (nSPS) is 14.9. The first kappa shape index (κ1) is 14.1. The quantitative estimate of drug-likeness (QED) is 0.813. The topological polar surface area (TPSA) is 61.4 Å². The zero-order valence-electron chi connectivity index (χ0n) is 11.6. The Hall–Kier alpha value is -1.85. The molecule has 2 heterocycles. The molecule has 1 aliphatic rings. The molecule has 2 aromatic rings. The Kier molecular flexibility index (Phi) is 4.22. The van der Waals surface area contributed by atoms with E-state index < -0.39 is 6.10 Å². The van der Waals surface area contributed by atoms with Crippen LogP contribution in [0.25, 0.3) is 0 Å². The summed E-state index contributed by atoms with van der Waals surface area (Å²) in [6, 6.07) is 7.59. The lowest BCUT2D eigenvalue weighted by molar-refractivity contribution is 0.0916. The summed E-state index contributed by atoms with van der Waals surface area (Å²) in [6.45, 7) is 1.22. The van der Waals surface area contributed by atoms with Gasteiger partial charge in [0, 0.05) is 24.3 Å². The first-order valence-electron chi connectivity index (χ1n) is 7.09. The number of carbonyl (C=O) groups is 1. The summed E-state index contributed by atoms with van der Waals surface area (Å²) in [4.78, 5) is 12.2. The van der Waals surface area contributed by atoms with Crippen molar-refractivity contribution >= 4 is 22.9 Å². The van der Waals surface area contributed by atoms with Crippen molar-refractivity contribution < 1.29 is 9.90 Å². The lowest BCUT2D eigenvalue weighted by Gasteiger charge is -2.18. The first-order valence-corrected chi connectivity index (χ1v) is 8.03. The number of carbonyl (C=O) groups excluding carboxylic acids is 1. The summed E-state index contributed by atoms with van der Waals surface area (Å²) in [5, 5.41) is 19.9. The zero-order chi connectivity index (χ0) is 14.7. The molecule has 1 amide bonds. The highest BCUT2D eigenvalue weighted by atomic mass is 32.1. The van der Waals surface area contributed by atoms with Crippen LogP contribution in [0.1, 0.15) is 34.0 Å². The van der Waals surface area contributed by atoms with Crippen molar-refractivity contribution in [3.05, 3.63) is 51.7 Å².